The molecule has 4 rings (SSSR count). The van der Waals surface area contributed by atoms with Crippen molar-refractivity contribution in [1.82, 2.24) is 9.97 Å². The third kappa shape index (κ3) is 3.61. The Balaban J connectivity index is 1.63. The van der Waals surface area contributed by atoms with Gasteiger partial charge in [-0.25, -0.2) is 9.97 Å². The van der Waals surface area contributed by atoms with Crippen molar-refractivity contribution in [3.05, 3.63) is 48.2 Å². The molecular weight excluding hydrogens is 344 g/mol. The lowest BCUT2D eigenvalue weighted by Crippen LogP contribution is -2.36. The molecule has 2 aromatic carbocycles. The van der Waals surface area contributed by atoms with Gasteiger partial charge in [0.05, 0.1) is 24.2 Å². The molecule has 0 unspecified atom stereocenters. The Hall–Kier alpha value is -3.39. The average Bonchev–Trinajstić information content (AvgIpc) is 2.69. The number of nitrogens with two attached hydrogens (primary N) is 2. The van der Waals surface area contributed by atoms with Crippen LogP contribution in [-0.2, 0) is 4.74 Å². The van der Waals surface area contributed by atoms with Crippen LogP contribution < -0.4 is 21.7 Å². The van der Waals surface area contributed by atoms with E-state index in [1.807, 2.05) is 24.3 Å². The number of nitrogen functional groups attached to an aromatic ring is 1. The first kappa shape index (κ1) is 17.0. The van der Waals surface area contributed by atoms with Crippen LogP contribution in [0, 0.1) is 0 Å². The number of morpholine rings is 1. The van der Waals surface area contributed by atoms with Gasteiger partial charge in [0.15, 0.2) is 11.5 Å². The Kier molecular flexibility index (Phi) is 4.47. The molecule has 0 spiro atoms. The van der Waals surface area contributed by atoms with Gasteiger partial charge in [0, 0.05) is 30.2 Å². The van der Waals surface area contributed by atoms with E-state index >= 15 is 0 Å². The number of rotatable bonds is 4. The fraction of sp³-hybridized carbons (Fsp3) is 0.211. The molecule has 1 aliphatic rings. The number of nitrogens with one attached hydrogen (secondary N) is 1. The van der Waals surface area contributed by atoms with E-state index in [4.69, 9.17) is 16.2 Å². The number of hydrogen-bond acceptors (Lipinski definition) is 7. The van der Waals surface area contributed by atoms with Crippen molar-refractivity contribution in [2.24, 2.45) is 5.73 Å². The first-order chi connectivity index (χ1) is 13.1. The summed E-state index contributed by atoms with van der Waals surface area (Å²) in [6.45, 7) is 3.22. The number of nitrogens with zero attached hydrogens (tertiary/aromatic N) is 3. The molecule has 0 aliphatic carbocycles. The van der Waals surface area contributed by atoms with Crippen molar-refractivity contribution < 1.29 is 9.53 Å². The molecule has 1 aliphatic heterocycles. The fourth-order valence-corrected chi connectivity index (χ4v) is 3.04. The Labute approximate surface area is 156 Å². The molecule has 8 heteroatoms. The van der Waals surface area contributed by atoms with Crippen molar-refractivity contribution in [2.75, 3.05) is 42.3 Å². The number of ether oxygens (including phenoxy) is 1. The number of amides is 1. The van der Waals surface area contributed by atoms with Gasteiger partial charge in [-0.15, -0.1) is 0 Å². The molecule has 138 valence electrons. The summed E-state index contributed by atoms with van der Waals surface area (Å²) < 4.78 is 5.38. The zero-order chi connectivity index (χ0) is 18.8. The van der Waals surface area contributed by atoms with Crippen molar-refractivity contribution in [3.8, 4) is 0 Å². The molecule has 8 nitrogen and oxygen atoms in total. The summed E-state index contributed by atoms with van der Waals surface area (Å²) in [4.78, 5) is 22.9. The van der Waals surface area contributed by atoms with E-state index < -0.39 is 5.91 Å². The summed E-state index contributed by atoms with van der Waals surface area (Å²) in [7, 11) is 0. The minimum atomic E-state index is -0.653. The van der Waals surface area contributed by atoms with Gasteiger partial charge in [0.1, 0.15) is 0 Å². The molecule has 0 saturated carbocycles. The highest BCUT2D eigenvalue weighted by Gasteiger charge is 2.15. The number of anilines is 4. The standard InChI is InChI=1S/C19H20N6O2/c20-12-1-6-15-16(11-12)23-17(18(21)26)19(24-15)22-13-2-4-14(5-3-13)25-7-9-27-10-8-25/h1-6,11H,7-10,20H2,(H2,21,26)(H,22,24). The summed E-state index contributed by atoms with van der Waals surface area (Å²) in [5, 5.41) is 3.14. The van der Waals surface area contributed by atoms with Gasteiger partial charge in [-0.2, -0.15) is 0 Å². The van der Waals surface area contributed by atoms with Gasteiger partial charge in [0.2, 0.25) is 0 Å². The summed E-state index contributed by atoms with van der Waals surface area (Å²) in [5.41, 5.74) is 15.0. The van der Waals surface area contributed by atoms with Crippen molar-refractivity contribution in [2.45, 2.75) is 0 Å². The van der Waals surface area contributed by atoms with E-state index in [9.17, 15) is 4.79 Å². The summed E-state index contributed by atoms with van der Waals surface area (Å²) in [6.07, 6.45) is 0. The summed E-state index contributed by atoms with van der Waals surface area (Å²) in [5.74, 6) is -0.335. The Morgan fingerprint density at radius 3 is 2.48 bits per heavy atom. The minimum Gasteiger partial charge on any atom is -0.399 e. The maximum atomic E-state index is 11.8. The molecule has 0 atom stereocenters. The monoisotopic (exact) mass is 364 g/mol. The lowest BCUT2D eigenvalue weighted by atomic mass is 10.2. The van der Waals surface area contributed by atoms with E-state index in [1.54, 1.807) is 18.2 Å². The van der Waals surface area contributed by atoms with Crippen molar-refractivity contribution in [3.63, 3.8) is 0 Å². The Morgan fingerprint density at radius 1 is 1.04 bits per heavy atom. The number of carbonyl (C=O) groups is 1. The van der Waals surface area contributed by atoms with E-state index in [0.29, 0.717) is 22.5 Å². The average molecular weight is 364 g/mol. The lowest BCUT2D eigenvalue weighted by Gasteiger charge is -2.28. The molecular formula is C19H20N6O2. The molecule has 1 saturated heterocycles. The molecule has 1 amide bonds. The van der Waals surface area contributed by atoms with Crippen molar-refractivity contribution >= 4 is 39.8 Å². The van der Waals surface area contributed by atoms with Crippen LogP contribution in [0.3, 0.4) is 0 Å². The van der Waals surface area contributed by atoms with E-state index in [1.165, 1.54) is 0 Å². The second-order valence-electron chi connectivity index (χ2n) is 6.30. The fourth-order valence-electron chi connectivity index (χ4n) is 3.04. The first-order valence-corrected chi connectivity index (χ1v) is 8.67. The van der Waals surface area contributed by atoms with Gasteiger partial charge in [-0.05, 0) is 42.5 Å². The molecule has 2 heterocycles. The van der Waals surface area contributed by atoms with Crippen LogP contribution in [0.25, 0.3) is 11.0 Å². The summed E-state index contributed by atoms with van der Waals surface area (Å²) in [6, 6.07) is 13.1. The number of carbonyl (C=O) groups excluding carboxylic acids is 1. The van der Waals surface area contributed by atoms with Crippen LogP contribution in [0.1, 0.15) is 10.5 Å². The normalized spacial score (nSPS) is 14.3. The predicted molar refractivity (Wildman–Crippen MR) is 105 cm³/mol. The zero-order valence-electron chi connectivity index (χ0n) is 14.7. The van der Waals surface area contributed by atoms with Crippen LogP contribution in [0.15, 0.2) is 42.5 Å². The van der Waals surface area contributed by atoms with E-state index in [-0.39, 0.29) is 5.69 Å². The van der Waals surface area contributed by atoms with Crippen LogP contribution in [-0.4, -0.2) is 42.2 Å². The van der Waals surface area contributed by atoms with Gasteiger partial charge in [0.25, 0.3) is 5.91 Å². The molecule has 1 fully saturated rings. The summed E-state index contributed by atoms with van der Waals surface area (Å²) >= 11 is 0. The van der Waals surface area contributed by atoms with Gasteiger partial charge < -0.3 is 26.4 Å². The Bertz CT molecular complexity index is 983. The van der Waals surface area contributed by atoms with Gasteiger partial charge in [-0.1, -0.05) is 0 Å². The number of fused-ring (bicyclic) bond motifs is 1. The number of aromatic nitrogens is 2. The van der Waals surface area contributed by atoms with Crippen LogP contribution in [0.5, 0.6) is 0 Å². The third-order valence-corrected chi connectivity index (χ3v) is 4.43. The molecule has 1 aromatic heterocycles. The third-order valence-electron chi connectivity index (χ3n) is 4.43. The largest absolute Gasteiger partial charge is 0.399 e. The van der Waals surface area contributed by atoms with Crippen molar-refractivity contribution in [1.29, 1.82) is 0 Å². The minimum absolute atomic E-state index is 0.0744. The smallest absolute Gasteiger partial charge is 0.271 e. The second-order valence-corrected chi connectivity index (χ2v) is 6.30. The quantitative estimate of drug-likeness (QED) is 0.605. The molecule has 0 radical (unpaired) electrons. The highest BCUT2D eigenvalue weighted by atomic mass is 16.5. The van der Waals surface area contributed by atoms with Crippen LogP contribution in [0.4, 0.5) is 22.9 Å². The molecule has 5 N–H and O–H groups in total. The maximum Gasteiger partial charge on any atom is 0.271 e. The zero-order valence-corrected chi connectivity index (χ0v) is 14.7. The molecule has 0 bridgehead atoms. The van der Waals surface area contributed by atoms with Crippen LogP contribution >= 0.6 is 0 Å². The topological polar surface area (TPSA) is 119 Å². The number of benzene rings is 2. The van der Waals surface area contributed by atoms with Gasteiger partial charge >= 0.3 is 0 Å². The molecule has 27 heavy (non-hydrogen) atoms. The highest BCUT2D eigenvalue weighted by Crippen LogP contribution is 2.24. The number of hydrogen-bond donors (Lipinski definition) is 3. The van der Waals surface area contributed by atoms with Crippen LogP contribution in [0.2, 0.25) is 0 Å². The van der Waals surface area contributed by atoms with E-state index in [0.717, 1.165) is 37.7 Å². The lowest BCUT2D eigenvalue weighted by molar-refractivity contribution is 0.0996. The number of primary amides is 1. The SMILES string of the molecule is NC(=O)c1nc2cc(N)ccc2nc1Nc1ccc(N2CCOCC2)cc1. The first-order valence-electron chi connectivity index (χ1n) is 8.67. The predicted octanol–water partition coefficient (Wildman–Crippen LogP) is 1.89. The molecule has 3 aromatic rings. The highest BCUT2D eigenvalue weighted by molar-refractivity contribution is 5.98. The maximum absolute atomic E-state index is 11.8. The second kappa shape index (κ2) is 7.08. The van der Waals surface area contributed by atoms with Gasteiger partial charge in [-0.3, -0.25) is 4.79 Å². The Morgan fingerprint density at radius 2 is 1.78 bits per heavy atom. The van der Waals surface area contributed by atoms with E-state index in [2.05, 4.69) is 20.2 Å².